The van der Waals surface area contributed by atoms with Crippen LogP contribution < -0.4 is 10.3 Å². The SMILES string of the molecule is CCCCOc1cc2c(cc1C)-c1c(c(O)c(C(=O)O)c(=O)n1Cc1ccccc1)C(C(C)C)C2. The van der Waals surface area contributed by atoms with Gasteiger partial charge in [0.2, 0.25) is 0 Å². The van der Waals surface area contributed by atoms with Gasteiger partial charge in [-0.15, -0.1) is 0 Å². The Hall–Kier alpha value is -3.54. The van der Waals surface area contributed by atoms with Crippen molar-refractivity contribution in [3.63, 3.8) is 0 Å². The molecule has 184 valence electrons. The third-order valence-corrected chi connectivity index (χ3v) is 6.90. The van der Waals surface area contributed by atoms with Gasteiger partial charge in [-0.25, -0.2) is 4.79 Å². The van der Waals surface area contributed by atoms with Gasteiger partial charge in [0.1, 0.15) is 11.5 Å². The van der Waals surface area contributed by atoms with E-state index in [9.17, 15) is 19.8 Å². The molecule has 0 bridgehead atoms. The number of nitrogens with zero attached hydrogens (tertiary/aromatic N) is 1. The molecule has 0 fully saturated rings. The highest BCUT2D eigenvalue weighted by Crippen LogP contribution is 2.48. The molecule has 35 heavy (non-hydrogen) atoms. The van der Waals surface area contributed by atoms with E-state index < -0.39 is 22.8 Å². The Kier molecular flexibility index (Phi) is 7.01. The van der Waals surface area contributed by atoms with Crippen LogP contribution in [0.25, 0.3) is 11.3 Å². The first-order valence-electron chi connectivity index (χ1n) is 12.3. The van der Waals surface area contributed by atoms with Crippen molar-refractivity contribution in [3.8, 4) is 22.8 Å². The third kappa shape index (κ3) is 4.57. The first kappa shape index (κ1) is 24.6. The molecule has 6 nitrogen and oxygen atoms in total. The maximum absolute atomic E-state index is 13.5. The summed E-state index contributed by atoms with van der Waals surface area (Å²) < 4.78 is 7.58. The van der Waals surface area contributed by atoms with Gasteiger partial charge < -0.3 is 19.5 Å². The summed E-state index contributed by atoms with van der Waals surface area (Å²) in [7, 11) is 0. The number of fused-ring (bicyclic) bond motifs is 3. The van der Waals surface area contributed by atoms with Crippen LogP contribution in [0.5, 0.6) is 11.5 Å². The van der Waals surface area contributed by atoms with Crippen molar-refractivity contribution >= 4 is 5.97 Å². The summed E-state index contributed by atoms with van der Waals surface area (Å²) in [6, 6.07) is 13.6. The Morgan fingerprint density at radius 3 is 2.54 bits per heavy atom. The molecule has 3 aromatic rings. The monoisotopic (exact) mass is 475 g/mol. The number of ether oxygens (including phenoxy) is 1. The minimum Gasteiger partial charge on any atom is -0.506 e. The van der Waals surface area contributed by atoms with Crippen LogP contribution in [0.3, 0.4) is 0 Å². The average molecular weight is 476 g/mol. The van der Waals surface area contributed by atoms with Crippen LogP contribution in [-0.4, -0.2) is 27.4 Å². The molecule has 1 heterocycles. The summed E-state index contributed by atoms with van der Waals surface area (Å²) in [6.45, 7) is 9.05. The fraction of sp³-hybridized carbons (Fsp3) is 0.379. The molecule has 1 aromatic heterocycles. The standard InChI is InChI=1S/C29H33NO5/c1-5-6-12-35-23-15-20-14-21(17(2)3)24-26(22(20)13-18(23)4)30(16-19-10-8-7-9-11-19)28(32)25(27(24)31)29(33)34/h7-11,13,15,17,21,31H,5-6,12,14,16H2,1-4H3,(H,33,34). The van der Waals surface area contributed by atoms with E-state index in [-0.39, 0.29) is 18.4 Å². The fourth-order valence-corrected chi connectivity index (χ4v) is 4.99. The van der Waals surface area contributed by atoms with Crippen molar-refractivity contribution < 1.29 is 19.7 Å². The van der Waals surface area contributed by atoms with Crippen molar-refractivity contribution in [3.05, 3.63) is 80.6 Å². The Bertz CT molecular complexity index is 1310. The lowest BCUT2D eigenvalue weighted by Gasteiger charge is -2.34. The zero-order valence-electron chi connectivity index (χ0n) is 20.8. The second-order valence-electron chi connectivity index (χ2n) is 9.70. The molecule has 1 unspecified atom stereocenters. The van der Waals surface area contributed by atoms with Crippen LogP contribution in [0.15, 0.2) is 47.3 Å². The molecule has 0 amide bonds. The highest BCUT2D eigenvalue weighted by molar-refractivity contribution is 5.93. The molecule has 0 radical (unpaired) electrons. The van der Waals surface area contributed by atoms with E-state index in [2.05, 4.69) is 26.8 Å². The normalized spacial score (nSPS) is 14.5. The summed E-state index contributed by atoms with van der Waals surface area (Å²) in [5.74, 6) is -1.04. The third-order valence-electron chi connectivity index (χ3n) is 6.90. The molecule has 0 spiro atoms. The highest BCUT2D eigenvalue weighted by atomic mass is 16.5. The summed E-state index contributed by atoms with van der Waals surface area (Å²) >= 11 is 0. The van der Waals surface area contributed by atoms with Gasteiger partial charge in [-0.3, -0.25) is 4.79 Å². The molecular formula is C29H33NO5. The second-order valence-corrected chi connectivity index (χ2v) is 9.70. The van der Waals surface area contributed by atoms with Crippen LogP contribution in [0.2, 0.25) is 0 Å². The van der Waals surface area contributed by atoms with Gasteiger partial charge >= 0.3 is 5.97 Å². The van der Waals surface area contributed by atoms with E-state index in [0.717, 1.165) is 40.8 Å². The van der Waals surface area contributed by atoms with Crippen LogP contribution in [0.4, 0.5) is 0 Å². The van der Waals surface area contributed by atoms with E-state index >= 15 is 0 Å². The maximum Gasteiger partial charge on any atom is 0.345 e. The molecule has 2 aromatic carbocycles. The lowest BCUT2D eigenvalue weighted by atomic mass is 9.74. The molecule has 1 atom stereocenters. The van der Waals surface area contributed by atoms with Crippen LogP contribution in [0, 0.1) is 12.8 Å². The first-order chi connectivity index (χ1) is 16.7. The number of carbonyl (C=O) groups is 1. The predicted octanol–water partition coefficient (Wildman–Crippen LogP) is 5.75. The van der Waals surface area contributed by atoms with Crippen molar-refractivity contribution in [1.82, 2.24) is 4.57 Å². The molecule has 1 aliphatic rings. The summed E-state index contributed by atoms with van der Waals surface area (Å²) in [5, 5.41) is 21.0. The van der Waals surface area contributed by atoms with E-state index in [1.807, 2.05) is 43.3 Å². The minimum absolute atomic E-state index is 0.114. The lowest BCUT2D eigenvalue weighted by Crippen LogP contribution is -2.32. The van der Waals surface area contributed by atoms with Gasteiger partial charge in [0.25, 0.3) is 5.56 Å². The topological polar surface area (TPSA) is 88.8 Å². The predicted molar refractivity (Wildman–Crippen MR) is 137 cm³/mol. The van der Waals surface area contributed by atoms with Crippen LogP contribution in [0.1, 0.15) is 72.1 Å². The number of hydrogen-bond donors (Lipinski definition) is 2. The lowest BCUT2D eigenvalue weighted by molar-refractivity contribution is 0.0690. The Balaban J connectivity index is 2.02. The fourth-order valence-electron chi connectivity index (χ4n) is 4.99. The molecule has 4 rings (SSSR count). The van der Waals surface area contributed by atoms with Gasteiger partial charge in [0.15, 0.2) is 5.56 Å². The number of hydrogen-bond acceptors (Lipinski definition) is 4. The molecule has 0 saturated carbocycles. The number of rotatable bonds is 8. The van der Waals surface area contributed by atoms with Crippen molar-refractivity contribution in [2.24, 2.45) is 5.92 Å². The Morgan fingerprint density at radius 2 is 1.91 bits per heavy atom. The summed E-state index contributed by atoms with van der Waals surface area (Å²) in [6.07, 6.45) is 2.64. The Labute approximate surface area is 205 Å². The van der Waals surface area contributed by atoms with E-state index in [4.69, 9.17) is 4.74 Å². The van der Waals surface area contributed by atoms with Gasteiger partial charge in [-0.05, 0) is 60.4 Å². The molecule has 2 N–H and O–H groups in total. The summed E-state index contributed by atoms with van der Waals surface area (Å²) in [4.78, 5) is 25.6. The molecule has 6 heteroatoms. The number of unbranched alkanes of at least 4 members (excludes halogenated alkanes) is 1. The number of aromatic hydroxyl groups is 1. The number of aryl methyl sites for hydroxylation is 1. The first-order valence-corrected chi connectivity index (χ1v) is 12.3. The number of carboxylic acid groups (broad SMARTS) is 1. The average Bonchev–Trinajstić information content (AvgIpc) is 2.82. The van der Waals surface area contributed by atoms with Crippen molar-refractivity contribution in [1.29, 1.82) is 0 Å². The van der Waals surface area contributed by atoms with E-state index in [1.54, 1.807) is 0 Å². The van der Waals surface area contributed by atoms with E-state index in [0.29, 0.717) is 24.3 Å². The number of carboxylic acids is 1. The number of benzene rings is 2. The van der Waals surface area contributed by atoms with Crippen molar-refractivity contribution in [2.45, 2.75) is 59.4 Å². The van der Waals surface area contributed by atoms with Crippen LogP contribution in [-0.2, 0) is 13.0 Å². The number of aromatic nitrogens is 1. The quantitative estimate of drug-likeness (QED) is 0.405. The second kappa shape index (κ2) is 9.98. The van der Waals surface area contributed by atoms with Crippen LogP contribution >= 0.6 is 0 Å². The zero-order valence-corrected chi connectivity index (χ0v) is 20.8. The summed E-state index contributed by atoms with van der Waals surface area (Å²) in [5.41, 5.74) is 3.58. The molecular weight excluding hydrogens is 442 g/mol. The van der Waals surface area contributed by atoms with E-state index in [1.165, 1.54) is 4.57 Å². The molecule has 0 aliphatic heterocycles. The van der Waals surface area contributed by atoms with Crippen molar-refractivity contribution in [2.75, 3.05) is 6.61 Å². The molecule has 0 saturated heterocycles. The molecule has 1 aliphatic carbocycles. The highest BCUT2D eigenvalue weighted by Gasteiger charge is 2.36. The number of pyridine rings is 1. The van der Waals surface area contributed by atoms with Gasteiger partial charge in [-0.2, -0.15) is 0 Å². The number of aromatic carboxylic acids is 1. The minimum atomic E-state index is -1.42. The van der Waals surface area contributed by atoms with Gasteiger partial charge in [0, 0.05) is 11.1 Å². The zero-order chi connectivity index (χ0) is 25.3. The van der Waals surface area contributed by atoms with Gasteiger partial charge in [-0.1, -0.05) is 57.5 Å². The smallest absolute Gasteiger partial charge is 0.345 e. The van der Waals surface area contributed by atoms with Gasteiger partial charge in [0.05, 0.1) is 18.8 Å². The maximum atomic E-state index is 13.5. The largest absolute Gasteiger partial charge is 0.506 e. The Morgan fingerprint density at radius 1 is 1.20 bits per heavy atom.